The predicted octanol–water partition coefficient (Wildman–Crippen LogP) is 9.24. The second kappa shape index (κ2) is 22.8. The molecule has 3 aromatic carbocycles. The van der Waals surface area contributed by atoms with Crippen LogP contribution in [0.2, 0.25) is 0 Å². The van der Waals surface area contributed by atoms with E-state index in [1.165, 1.54) is 21.9 Å². The molecule has 2 N–H and O–H groups in total. The monoisotopic (exact) mass is 869 g/mol. The van der Waals surface area contributed by atoms with Gasteiger partial charge in [0.15, 0.2) is 0 Å². The van der Waals surface area contributed by atoms with Crippen LogP contribution in [0.4, 0.5) is 10.5 Å². The Bertz CT molecular complexity index is 2030. The number of non-ortho nitro benzene ring substituents is 1. The summed E-state index contributed by atoms with van der Waals surface area (Å²) in [5.41, 5.74) is 3.14. The van der Waals surface area contributed by atoms with Gasteiger partial charge in [-0.15, -0.1) is 24.9 Å². The molecular weight excluding hydrogens is 811 g/mol. The molecule has 6 rings (SSSR count). The van der Waals surface area contributed by atoms with E-state index in [0.717, 1.165) is 42.6 Å². The summed E-state index contributed by atoms with van der Waals surface area (Å²) < 4.78 is 26.3. The summed E-state index contributed by atoms with van der Waals surface area (Å²) in [6.45, 7) is 8.72. The van der Waals surface area contributed by atoms with Crippen LogP contribution in [0.25, 0.3) is 0 Å². The fourth-order valence-electron chi connectivity index (χ4n) is 9.01. The van der Waals surface area contributed by atoms with Gasteiger partial charge in [-0.05, 0) is 97.5 Å². The minimum atomic E-state index is -1.43. The van der Waals surface area contributed by atoms with E-state index in [1.807, 2.05) is 30.3 Å². The van der Waals surface area contributed by atoms with Gasteiger partial charge < -0.3 is 38.9 Å². The lowest BCUT2D eigenvalue weighted by Gasteiger charge is -2.59. The SMILES string of the molecule is C=CCCOC(=O)N(C)C1CC(=NOCc2ccc([N+](=O)[O-])cc2)C2=CC(CCCCO)C(CCCCO)C3c4cc(OCCSc5ccccc5)ccc4OC1(OCC=C)C23. The van der Waals surface area contributed by atoms with E-state index in [1.54, 1.807) is 43.1 Å². The lowest BCUT2D eigenvalue weighted by molar-refractivity contribution is -0.384. The number of nitro benzene ring substituents is 1. The van der Waals surface area contributed by atoms with Crippen LogP contribution in [0.3, 0.4) is 0 Å². The summed E-state index contributed by atoms with van der Waals surface area (Å²) in [5.74, 6) is 0.00843. The highest BCUT2D eigenvalue weighted by atomic mass is 32.2. The van der Waals surface area contributed by atoms with E-state index in [4.69, 9.17) is 28.9 Å². The Morgan fingerprint density at radius 1 is 1.02 bits per heavy atom. The number of thioether (sulfide) groups is 1. The van der Waals surface area contributed by atoms with Gasteiger partial charge in [-0.25, -0.2) is 4.79 Å². The minimum absolute atomic E-state index is 0.0227. The van der Waals surface area contributed by atoms with Crippen LogP contribution < -0.4 is 9.47 Å². The van der Waals surface area contributed by atoms with Crippen molar-refractivity contribution in [3.63, 3.8) is 0 Å². The number of allylic oxidation sites excluding steroid dienone is 1. The van der Waals surface area contributed by atoms with Gasteiger partial charge in [0.05, 0.1) is 36.4 Å². The average molecular weight is 870 g/mol. The Labute approximate surface area is 368 Å². The molecule has 13 nitrogen and oxygen atoms in total. The van der Waals surface area contributed by atoms with E-state index in [2.05, 4.69) is 37.4 Å². The number of aliphatic hydroxyl groups is 2. The minimum Gasteiger partial charge on any atom is -0.493 e. The first-order chi connectivity index (χ1) is 30.2. The molecule has 62 heavy (non-hydrogen) atoms. The molecule has 3 aromatic rings. The topological polar surface area (TPSA) is 162 Å². The van der Waals surface area contributed by atoms with Gasteiger partial charge in [-0.3, -0.25) is 10.1 Å². The molecule has 0 spiro atoms. The van der Waals surface area contributed by atoms with Gasteiger partial charge in [-0.1, -0.05) is 54.4 Å². The molecule has 1 aliphatic heterocycles. The molecule has 1 heterocycles. The third-order valence-electron chi connectivity index (χ3n) is 11.9. The average Bonchev–Trinajstić information content (AvgIpc) is 3.28. The summed E-state index contributed by atoms with van der Waals surface area (Å²) in [7, 11) is 1.68. The van der Waals surface area contributed by atoms with Crippen molar-refractivity contribution < 1.29 is 43.7 Å². The number of hydrogen-bond donors (Lipinski definition) is 2. The quantitative estimate of drug-likeness (QED) is 0.0290. The second-order valence-electron chi connectivity index (χ2n) is 15.8. The maximum atomic E-state index is 13.9. The molecular formula is C48H59N3O10S. The van der Waals surface area contributed by atoms with Crippen LogP contribution in [-0.2, 0) is 20.9 Å². The molecule has 6 atom stereocenters. The molecule has 1 fully saturated rings. The number of fused-ring (bicyclic) bond motifs is 2. The summed E-state index contributed by atoms with van der Waals surface area (Å²) in [6, 6.07) is 21.5. The molecule has 14 heteroatoms. The standard InChI is InChI=1S/C48H59N3O10S/c1-4-6-27-58-47(54)50(3)44-32-42(49-60-33-34-18-20-36(21-19-34)51(55)56)40-30-35(14-10-12-24-52)39(17-11-13-25-53)45-41-31-37(57-28-29-62-38-15-8-7-9-16-38)22-23-43(41)61-48(44,46(40)45)59-26-5-2/h4-5,7-9,15-16,18-23,30-31,35,39,44-46,52-53H,1-2,6,10-14,17,24-29,32-33H2,3H3. The largest absolute Gasteiger partial charge is 0.493 e. The third-order valence-corrected chi connectivity index (χ3v) is 12.8. The number of likely N-dealkylation sites (N-methyl/N-ethyl adjacent to an activating group) is 1. The summed E-state index contributed by atoms with van der Waals surface area (Å²) >= 11 is 1.72. The van der Waals surface area contributed by atoms with Crippen molar-refractivity contribution in [3.05, 3.63) is 131 Å². The van der Waals surface area contributed by atoms with Gasteiger partial charge in [0.2, 0.25) is 5.79 Å². The van der Waals surface area contributed by atoms with Crippen molar-refractivity contribution in [2.45, 2.75) is 80.6 Å². The first kappa shape index (κ1) is 46.4. The maximum Gasteiger partial charge on any atom is 0.409 e. The first-order valence-corrected chi connectivity index (χ1v) is 22.5. The highest BCUT2D eigenvalue weighted by Crippen LogP contribution is 2.61. The van der Waals surface area contributed by atoms with Crippen LogP contribution in [0.15, 0.2) is 120 Å². The molecule has 1 amide bonds. The Balaban J connectivity index is 1.47. The Kier molecular flexibility index (Phi) is 17.0. The van der Waals surface area contributed by atoms with Crippen molar-refractivity contribution in [1.82, 2.24) is 4.90 Å². The summed E-state index contributed by atoms with van der Waals surface area (Å²) in [4.78, 5) is 33.6. The number of carbonyl (C=O) groups excluding carboxylic acids is 1. The lowest BCUT2D eigenvalue weighted by atomic mass is 9.55. The maximum absolute atomic E-state index is 13.9. The zero-order valence-electron chi connectivity index (χ0n) is 35.5. The van der Waals surface area contributed by atoms with E-state index in [-0.39, 0.29) is 62.9 Å². The van der Waals surface area contributed by atoms with Crippen LogP contribution in [0.1, 0.15) is 68.4 Å². The Morgan fingerprint density at radius 3 is 2.48 bits per heavy atom. The number of oxime groups is 1. The Morgan fingerprint density at radius 2 is 1.77 bits per heavy atom. The summed E-state index contributed by atoms with van der Waals surface area (Å²) in [6.07, 6.45) is 10.2. The highest BCUT2D eigenvalue weighted by Gasteiger charge is 2.65. The molecule has 0 aromatic heterocycles. The zero-order valence-corrected chi connectivity index (χ0v) is 36.3. The van der Waals surface area contributed by atoms with E-state index < -0.39 is 28.8 Å². The molecule has 332 valence electrons. The second-order valence-corrected chi connectivity index (χ2v) is 17.0. The van der Waals surface area contributed by atoms with Gasteiger partial charge in [0.25, 0.3) is 5.69 Å². The van der Waals surface area contributed by atoms with Crippen LogP contribution in [0, 0.1) is 27.9 Å². The van der Waals surface area contributed by atoms with Crippen molar-refractivity contribution >= 4 is 29.3 Å². The normalized spacial score (nSPS) is 22.9. The number of ether oxygens (including phenoxy) is 4. The van der Waals surface area contributed by atoms with E-state index in [0.29, 0.717) is 48.6 Å². The van der Waals surface area contributed by atoms with Gasteiger partial charge in [-0.2, -0.15) is 0 Å². The van der Waals surface area contributed by atoms with Gasteiger partial charge in [0, 0.05) is 60.9 Å². The van der Waals surface area contributed by atoms with E-state index >= 15 is 0 Å². The molecule has 0 radical (unpaired) electrons. The first-order valence-electron chi connectivity index (χ1n) is 21.5. The fraction of sp³-hybridized carbons (Fsp3) is 0.458. The molecule has 6 unspecified atom stereocenters. The number of carbonyl (C=O) groups is 1. The number of nitro groups is 1. The van der Waals surface area contributed by atoms with Crippen molar-refractivity contribution in [1.29, 1.82) is 0 Å². The number of amides is 1. The van der Waals surface area contributed by atoms with Crippen LogP contribution in [0.5, 0.6) is 11.5 Å². The highest BCUT2D eigenvalue weighted by molar-refractivity contribution is 7.99. The number of hydrogen-bond acceptors (Lipinski definition) is 12. The molecule has 3 aliphatic rings. The molecule has 1 saturated carbocycles. The number of nitrogens with zero attached hydrogens (tertiary/aromatic N) is 3. The van der Waals surface area contributed by atoms with Crippen molar-refractivity contribution in [3.8, 4) is 11.5 Å². The van der Waals surface area contributed by atoms with Crippen LogP contribution in [-0.4, -0.2) is 89.5 Å². The van der Waals surface area contributed by atoms with Crippen LogP contribution >= 0.6 is 11.8 Å². The smallest absolute Gasteiger partial charge is 0.409 e. The molecule has 0 saturated heterocycles. The van der Waals surface area contributed by atoms with E-state index in [9.17, 15) is 25.1 Å². The summed E-state index contributed by atoms with van der Waals surface area (Å²) in [5, 5.41) is 35.9. The van der Waals surface area contributed by atoms with Gasteiger partial charge >= 0.3 is 6.09 Å². The molecule has 0 bridgehead atoms. The number of rotatable bonds is 24. The van der Waals surface area contributed by atoms with Gasteiger partial charge in [0.1, 0.15) is 24.1 Å². The fourth-order valence-corrected chi connectivity index (χ4v) is 9.76. The van der Waals surface area contributed by atoms with Crippen molar-refractivity contribution in [2.24, 2.45) is 22.9 Å². The number of benzene rings is 3. The number of aliphatic hydroxyl groups excluding tert-OH is 2. The third kappa shape index (κ3) is 11.1. The predicted molar refractivity (Wildman–Crippen MR) is 239 cm³/mol. The number of unbranched alkanes of at least 4 members (excludes halogenated alkanes) is 2. The molecule has 2 aliphatic carbocycles. The lowest BCUT2D eigenvalue weighted by Crippen LogP contribution is -2.69. The Hall–Kier alpha value is -5.15. The van der Waals surface area contributed by atoms with Crippen molar-refractivity contribution in [2.75, 3.05) is 45.8 Å². The zero-order chi connectivity index (χ0) is 43.9.